The second-order valence-corrected chi connectivity index (χ2v) is 5.11. The summed E-state index contributed by atoms with van der Waals surface area (Å²) in [6.45, 7) is 2.25. The summed E-state index contributed by atoms with van der Waals surface area (Å²) < 4.78 is 0. The maximum Gasteiger partial charge on any atom is 0.254 e. The SMILES string of the molecule is Cc1ncncc1C(=O)NCCc1ccc(Cl)cc1Cl. The van der Waals surface area contributed by atoms with Crippen LogP contribution in [0.25, 0.3) is 0 Å². The predicted molar refractivity (Wildman–Crippen MR) is 79.3 cm³/mol. The lowest BCUT2D eigenvalue weighted by Gasteiger charge is -2.08. The Hall–Kier alpha value is -1.65. The first-order chi connectivity index (χ1) is 9.58. The van der Waals surface area contributed by atoms with E-state index in [2.05, 4.69) is 15.3 Å². The highest BCUT2D eigenvalue weighted by molar-refractivity contribution is 6.35. The Morgan fingerprint density at radius 3 is 2.85 bits per heavy atom. The molecule has 0 unspecified atom stereocenters. The summed E-state index contributed by atoms with van der Waals surface area (Å²) in [6, 6.07) is 5.32. The van der Waals surface area contributed by atoms with Crippen LogP contribution < -0.4 is 5.32 Å². The van der Waals surface area contributed by atoms with Crippen molar-refractivity contribution in [2.24, 2.45) is 0 Å². The molecule has 0 atom stereocenters. The summed E-state index contributed by atoms with van der Waals surface area (Å²) in [5, 5.41) is 4.02. The van der Waals surface area contributed by atoms with E-state index >= 15 is 0 Å². The molecule has 1 aromatic heterocycles. The molecule has 2 aromatic rings. The van der Waals surface area contributed by atoms with E-state index in [9.17, 15) is 4.79 Å². The number of carbonyl (C=O) groups excluding carboxylic acids is 1. The van der Waals surface area contributed by atoms with Crippen LogP contribution in [0.1, 0.15) is 21.6 Å². The third-order valence-electron chi connectivity index (χ3n) is 2.85. The molecule has 0 aliphatic heterocycles. The van der Waals surface area contributed by atoms with Gasteiger partial charge < -0.3 is 5.32 Å². The van der Waals surface area contributed by atoms with Gasteiger partial charge in [0.2, 0.25) is 0 Å². The van der Waals surface area contributed by atoms with Crippen LogP contribution in [0.4, 0.5) is 0 Å². The third kappa shape index (κ3) is 3.68. The van der Waals surface area contributed by atoms with Crippen molar-refractivity contribution in [3.05, 3.63) is 57.6 Å². The smallest absolute Gasteiger partial charge is 0.254 e. The van der Waals surface area contributed by atoms with Gasteiger partial charge in [0, 0.05) is 22.8 Å². The standard InChI is InChI=1S/C14H13Cl2N3O/c1-9-12(7-17-8-19-9)14(20)18-5-4-10-2-3-11(15)6-13(10)16/h2-3,6-8H,4-5H2,1H3,(H,18,20). The maximum absolute atomic E-state index is 11.9. The minimum atomic E-state index is -0.187. The second-order valence-electron chi connectivity index (χ2n) is 4.26. The Labute approximate surface area is 127 Å². The molecule has 4 nitrogen and oxygen atoms in total. The molecule has 1 N–H and O–H groups in total. The highest BCUT2D eigenvalue weighted by Gasteiger charge is 2.09. The molecule has 0 aliphatic carbocycles. The number of nitrogens with one attached hydrogen (secondary N) is 1. The van der Waals surface area contributed by atoms with Crippen molar-refractivity contribution in [2.75, 3.05) is 6.54 Å². The van der Waals surface area contributed by atoms with Gasteiger partial charge in [0.1, 0.15) is 6.33 Å². The fraction of sp³-hybridized carbons (Fsp3) is 0.214. The molecule has 1 amide bonds. The molecule has 0 aliphatic rings. The summed E-state index contributed by atoms with van der Waals surface area (Å²) in [5.74, 6) is -0.187. The highest BCUT2D eigenvalue weighted by Crippen LogP contribution is 2.21. The molecule has 6 heteroatoms. The normalized spacial score (nSPS) is 10.3. The molecule has 0 fully saturated rings. The fourth-order valence-corrected chi connectivity index (χ4v) is 2.25. The monoisotopic (exact) mass is 309 g/mol. The molecule has 0 saturated carbocycles. The van der Waals surface area contributed by atoms with E-state index in [1.165, 1.54) is 12.5 Å². The molecule has 104 valence electrons. The van der Waals surface area contributed by atoms with Crippen molar-refractivity contribution in [2.45, 2.75) is 13.3 Å². The van der Waals surface area contributed by atoms with Gasteiger partial charge in [0.15, 0.2) is 0 Å². The summed E-state index contributed by atoms with van der Waals surface area (Å²) in [6.07, 6.45) is 3.56. The van der Waals surface area contributed by atoms with E-state index in [-0.39, 0.29) is 5.91 Å². The summed E-state index contributed by atoms with van der Waals surface area (Å²) in [5.41, 5.74) is 2.08. The molecule has 0 saturated heterocycles. The first kappa shape index (κ1) is 14.8. The van der Waals surface area contributed by atoms with Gasteiger partial charge in [0.05, 0.1) is 11.3 Å². The molecule has 0 radical (unpaired) electrons. The van der Waals surface area contributed by atoms with E-state index < -0.39 is 0 Å². The van der Waals surface area contributed by atoms with E-state index in [0.717, 1.165) is 5.56 Å². The van der Waals surface area contributed by atoms with Crippen molar-refractivity contribution in [3.8, 4) is 0 Å². The zero-order valence-corrected chi connectivity index (χ0v) is 12.4. The van der Waals surface area contributed by atoms with Gasteiger partial charge in [-0.05, 0) is 31.0 Å². The number of aromatic nitrogens is 2. The summed E-state index contributed by atoms with van der Waals surface area (Å²) in [7, 11) is 0. The number of benzene rings is 1. The van der Waals surface area contributed by atoms with Crippen molar-refractivity contribution in [1.82, 2.24) is 15.3 Å². The van der Waals surface area contributed by atoms with Crippen molar-refractivity contribution in [1.29, 1.82) is 0 Å². The van der Waals surface area contributed by atoms with Gasteiger partial charge in [0.25, 0.3) is 5.91 Å². The lowest BCUT2D eigenvalue weighted by molar-refractivity contribution is 0.0952. The summed E-state index contributed by atoms with van der Waals surface area (Å²) in [4.78, 5) is 19.8. The lowest BCUT2D eigenvalue weighted by Crippen LogP contribution is -2.26. The van der Waals surface area contributed by atoms with Crippen molar-refractivity contribution < 1.29 is 4.79 Å². The van der Waals surface area contributed by atoms with Gasteiger partial charge in [-0.25, -0.2) is 9.97 Å². The van der Waals surface area contributed by atoms with Crippen LogP contribution in [0, 0.1) is 6.92 Å². The largest absolute Gasteiger partial charge is 0.352 e. The van der Waals surface area contributed by atoms with E-state index in [1.54, 1.807) is 19.1 Å². The molecule has 0 bridgehead atoms. The first-order valence-corrected chi connectivity index (χ1v) is 6.82. The van der Waals surface area contributed by atoms with E-state index in [1.807, 2.05) is 6.07 Å². The Morgan fingerprint density at radius 2 is 2.15 bits per heavy atom. The van der Waals surface area contributed by atoms with Gasteiger partial charge >= 0.3 is 0 Å². The Morgan fingerprint density at radius 1 is 1.35 bits per heavy atom. The number of rotatable bonds is 4. The Bertz CT molecular complexity index is 632. The zero-order valence-electron chi connectivity index (χ0n) is 10.9. The quantitative estimate of drug-likeness (QED) is 0.944. The van der Waals surface area contributed by atoms with E-state index in [4.69, 9.17) is 23.2 Å². The predicted octanol–water partition coefficient (Wildman–Crippen LogP) is 3.06. The average molecular weight is 310 g/mol. The third-order valence-corrected chi connectivity index (χ3v) is 3.44. The van der Waals surface area contributed by atoms with Gasteiger partial charge in [-0.1, -0.05) is 29.3 Å². The minimum Gasteiger partial charge on any atom is -0.352 e. The van der Waals surface area contributed by atoms with Gasteiger partial charge in [-0.3, -0.25) is 4.79 Å². The van der Waals surface area contributed by atoms with Crippen LogP contribution in [0.2, 0.25) is 10.0 Å². The first-order valence-electron chi connectivity index (χ1n) is 6.06. The van der Waals surface area contributed by atoms with Crippen LogP contribution in [0.15, 0.2) is 30.7 Å². The number of nitrogens with zero attached hydrogens (tertiary/aromatic N) is 2. The minimum absolute atomic E-state index is 0.187. The highest BCUT2D eigenvalue weighted by atomic mass is 35.5. The molecule has 2 rings (SSSR count). The maximum atomic E-state index is 11.9. The molecule has 1 heterocycles. The fourth-order valence-electron chi connectivity index (χ4n) is 1.74. The second kappa shape index (κ2) is 6.68. The molecule has 0 spiro atoms. The molecule has 1 aromatic carbocycles. The van der Waals surface area contributed by atoms with Crippen LogP contribution in [0.3, 0.4) is 0 Å². The Kier molecular flexibility index (Phi) is 4.93. The topological polar surface area (TPSA) is 54.9 Å². The number of aryl methyl sites for hydroxylation is 1. The Balaban J connectivity index is 1.93. The zero-order chi connectivity index (χ0) is 14.5. The molecule has 20 heavy (non-hydrogen) atoms. The van der Waals surface area contributed by atoms with Gasteiger partial charge in [-0.15, -0.1) is 0 Å². The van der Waals surface area contributed by atoms with Gasteiger partial charge in [-0.2, -0.15) is 0 Å². The average Bonchev–Trinajstić information content (AvgIpc) is 2.41. The number of carbonyl (C=O) groups is 1. The van der Waals surface area contributed by atoms with Crippen LogP contribution >= 0.6 is 23.2 Å². The van der Waals surface area contributed by atoms with Crippen LogP contribution in [-0.4, -0.2) is 22.4 Å². The van der Waals surface area contributed by atoms with Crippen molar-refractivity contribution >= 4 is 29.1 Å². The number of hydrogen-bond donors (Lipinski definition) is 1. The van der Waals surface area contributed by atoms with Crippen LogP contribution in [-0.2, 0) is 6.42 Å². The van der Waals surface area contributed by atoms with E-state index in [0.29, 0.717) is 34.3 Å². The van der Waals surface area contributed by atoms with Crippen molar-refractivity contribution in [3.63, 3.8) is 0 Å². The van der Waals surface area contributed by atoms with Crippen LogP contribution in [0.5, 0.6) is 0 Å². The number of halogens is 2. The summed E-state index contributed by atoms with van der Waals surface area (Å²) >= 11 is 11.9. The lowest BCUT2D eigenvalue weighted by atomic mass is 10.1. The molecular formula is C14H13Cl2N3O. The number of amides is 1. The number of hydrogen-bond acceptors (Lipinski definition) is 3. The molecular weight excluding hydrogens is 297 g/mol.